The summed E-state index contributed by atoms with van der Waals surface area (Å²) in [6.45, 7) is 4.78. The molecular weight excluding hydrogens is 453 g/mol. The molecule has 0 aliphatic carbocycles. The minimum atomic E-state index is -0.504. The van der Waals surface area contributed by atoms with E-state index in [1.165, 1.54) is 17.1 Å². The summed E-state index contributed by atoms with van der Waals surface area (Å²) in [5.41, 5.74) is 2.52. The first-order chi connectivity index (χ1) is 16.9. The molecule has 0 aliphatic rings. The Kier molecular flexibility index (Phi) is 7.46. The van der Waals surface area contributed by atoms with E-state index in [0.29, 0.717) is 41.7 Å². The van der Waals surface area contributed by atoms with Crippen LogP contribution in [0.5, 0.6) is 5.75 Å². The molecule has 4 aromatic rings. The maximum Gasteiger partial charge on any atom is 0.246 e. The van der Waals surface area contributed by atoms with Crippen molar-refractivity contribution in [2.24, 2.45) is 0 Å². The topological polar surface area (TPSA) is 116 Å². The molecule has 2 aromatic heterocycles. The Hall–Kier alpha value is -4.12. The predicted octanol–water partition coefficient (Wildman–Crippen LogP) is 3.89. The number of ether oxygens (including phenoxy) is 2. The smallest absolute Gasteiger partial charge is 0.246 e. The molecule has 2 heterocycles. The molecule has 0 radical (unpaired) electrons. The summed E-state index contributed by atoms with van der Waals surface area (Å²) in [5, 5.41) is 14.2. The van der Waals surface area contributed by atoms with Crippen LogP contribution in [0.4, 0.5) is 21.6 Å². The zero-order valence-electron chi connectivity index (χ0n) is 19.7. The van der Waals surface area contributed by atoms with E-state index in [-0.39, 0.29) is 23.8 Å². The van der Waals surface area contributed by atoms with Crippen LogP contribution in [-0.4, -0.2) is 51.2 Å². The fourth-order valence-electron chi connectivity index (χ4n) is 3.32. The Morgan fingerprint density at radius 1 is 1.11 bits per heavy atom. The average molecular weight is 480 g/mol. The fraction of sp³-hybridized carbons (Fsp3) is 0.292. The highest BCUT2D eigenvalue weighted by atomic mass is 19.1. The van der Waals surface area contributed by atoms with Gasteiger partial charge in [0.1, 0.15) is 36.9 Å². The lowest BCUT2D eigenvalue weighted by Crippen LogP contribution is -2.19. The largest absolute Gasteiger partial charge is 0.491 e. The number of amides is 1. The zero-order valence-corrected chi connectivity index (χ0v) is 19.7. The highest BCUT2D eigenvalue weighted by Gasteiger charge is 2.13. The molecule has 35 heavy (non-hydrogen) atoms. The van der Waals surface area contributed by atoms with Crippen molar-refractivity contribution in [3.63, 3.8) is 0 Å². The molecule has 1 amide bonds. The molecule has 0 unspecified atom stereocenters. The molecule has 2 aromatic carbocycles. The van der Waals surface area contributed by atoms with Gasteiger partial charge in [-0.2, -0.15) is 0 Å². The molecule has 0 spiro atoms. The summed E-state index contributed by atoms with van der Waals surface area (Å²) >= 11 is 0. The summed E-state index contributed by atoms with van der Waals surface area (Å²) in [6, 6.07) is 9.94. The van der Waals surface area contributed by atoms with Gasteiger partial charge in [0.15, 0.2) is 0 Å². The predicted molar refractivity (Wildman–Crippen MR) is 129 cm³/mol. The second-order valence-corrected chi connectivity index (χ2v) is 8.11. The van der Waals surface area contributed by atoms with Crippen molar-refractivity contribution in [1.82, 2.24) is 25.0 Å². The number of aromatic nitrogens is 5. The molecule has 0 saturated carbocycles. The van der Waals surface area contributed by atoms with Gasteiger partial charge in [-0.15, -0.1) is 5.10 Å². The third-order valence-electron chi connectivity index (χ3n) is 5.10. The molecule has 0 atom stereocenters. The van der Waals surface area contributed by atoms with Crippen LogP contribution in [0.25, 0.3) is 10.9 Å². The summed E-state index contributed by atoms with van der Waals surface area (Å²) in [4.78, 5) is 20.7. The van der Waals surface area contributed by atoms with E-state index >= 15 is 0 Å². The van der Waals surface area contributed by atoms with Crippen LogP contribution in [-0.2, 0) is 16.1 Å². The number of rotatable bonds is 10. The van der Waals surface area contributed by atoms with Gasteiger partial charge >= 0.3 is 0 Å². The third kappa shape index (κ3) is 6.07. The van der Waals surface area contributed by atoms with Gasteiger partial charge in [0, 0.05) is 36.8 Å². The number of nitrogens with one attached hydrogen (secondary N) is 2. The molecule has 182 valence electrons. The monoisotopic (exact) mass is 479 g/mol. The summed E-state index contributed by atoms with van der Waals surface area (Å²) in [6.07, 6.45) is 3.11. The number of carbonyl (C=O) groups is 1. The Morgan fingerprint density at radius 2 is 1.89 bits per heavy atom. The Labute approximate surface area is 201 Å². The quantitative estimate of drug-likeness (QED) is 0.329. The Bertz CT molecular complexity index is 1310. The van der Waals surface area contributed by atoms with Crippen molar-refractivity contribution < 1.29 is 18.7 Å². The minimum Gasteiger partial charge on any atom is -0.491 e. The molecule has 0 aliphatic heterocycles. The third-order valence-corrected chi connectivity index (χ3v) is 5.10. The Morgan fingerprint density at radius 3 is 2.60 bits per heavy atom. The first-order valence-corrected chi connectivity index (χ1v) is 11.1. The van der Waals surface area contributed by atoms with Crippen LogP contribution in [0.15, 0.2) is 48.9 Å². The number of carbonyl (C=O) groups excluding carboxylic acids is 1. The molecule has 0 fully saturated rings. The molecule has 2 N–H and O–H groups in total. The first-order valence-electron chi connectivity index (χ1n) is 11.1. The summed E-state index contributed by atoms with van der Waals surface area (Å²) in [7, 11) is 1.57. The maximum absolute atomic E-state index is 14.9. The molecule has 11 heteroatoms. The van der Waals surface area contributed by atoms with Crippen molar-refractivity contribution in [2.75, 3.05) is 31.0 Å². The van der Waals surface area contributed by atoms with Crippen molar-refractivity contribution in [3.05, 3.63) is 60.4 Å². The SMILES string of the molecule is COCCOc1cc(F)c2c(Nc3ccc(NC(=O)Cn4cc(C(C)C)nn4)cc3)ncnc2c1. The lowest BCUT2D eigenvalue weighted by Gasteiger charge is -2.12. The van der Waals surface area contributed by atoms with Gasteiger partial charge in [0.05, 0.1) is 23.2 Å². The van der Waals surface area contributed by atoms with Gasteiger partial charge in [-0.3, -0.25) is 4.79 Å². The second-order valence-electron chi connectivity index (χ2n) is 8.11. The van der Waals surface area contributed by atoms with Crippen LogP contribution in [0.1, 0.15) is 25.5 Å². The molecule has 0 saturated heterocycles. The van der Waals surface area contributed by atoms with Crippen LogP contribution in [0.2, 0.25) is 0 Å². The van der Waals surface area contributed by atoms with E-state index in [1.54, 1.807) is 43.6 Å². The number of methoxy groups -OCH3 is 1. The fourth-order valence-corrected chi connectivity index (χ4v) is 3.32. The van der Waals surface area contributed by atoms with Crippen molar-refractivity contribution in [1.29, 1.82) is 0 Å². The van der Waals surface area contributed by atoms with Crippen molar-refractivity contribution in [3.8, 4) is 5.75 Å². The van der Waals surface area contributed by atoms with E-state index in [2.05, 4.69) is 30.9 Å². The van der Waals surface area contributed by atoms with Gasteiger partial charge in [-0.05, 0) is 30.2 Å². The normalized spacial score (nSPS) is 11.1. The molecule has 0 bridgehead atoms. The number of nitrogens with zero attached hydrogens (tertiary/aromatic N) is 5. The van der Waals surface area contributed by atoms with Crippen LogP contribution < -0.4 is 15.4 Å². The highest BCUT2D eigenvalue weighted by Crippen LogP contribution is 2.29. The van der Waals surface area contributed by atoms with E-state index in [0.717, 1.165) is 5.69 Å². The van der Waals surface area contributed by atoms with E-state index in [4.69, 9.17) is 9.47 Å². The second kappa shape index (κ2) is 10.9. The Balaban J connectivity index is 1.42. The first kappa shape index (κ1) is 24.0. The van der Waals surface area contributed by atoms with Gasteiger partial charge in [-0.25, -0.2) is 19.0 Å². The minimum absolute atomic E-state index is 0.0586. The molecule has 4 rings (SSSR count). The van der Waals surface area contributed by atoms with Gasteiger partial charge < -0.3 is 20.1 Å². The number of hydrogen-bond donors (Lipinski definition) is 2. The maximum atomic E-state index is 14.9. The number of halogens is 1. The van der Waals surface area contributed by atoms with E-state index < -0.39 is 5.82 Å². The van der Waals surface area contributed by atoms with E-state index in [1.807, 2.05) is 13.8 Å². The summed E-state index contributed by atoms with van der Waals surface area (Å²) in [5.74, 6) is 0.195. The van der Waals surface area contributed by atoms with Crippen molar-refractivity contribution in [2.45, 2.75) is 26.3 Å². The summed E-state index contributed by atoms with van der Waals surface area (Å²) < 4.78 is 26.8. The van der Waals surface area contributed by atoms with Crippen LogP contribution in [0, 0.1) is 5.82 Å². The number of hydrogen-bond acceptors (Lipinski definition) is 8. The number of benzene rings is 2. The zero-order chi connectivity index (χ0) is 24.8. The molecular formula is C24H26FN7O3. The van der Waals surface area contributed by atoms with Gasteiger partial charge in [-0.1, -0.05) is 19.1 Å². The van der Waals surface area contributed by atoms with Crippen LogP contribution >= 0.6 is 0 Å². The van der Waals surface area contributed by atoms with Crippen LogP contribution in [0.3, 0.4) is 0 Å². The highest BCUT2D eigenvalue weighted by molar-refractivity contribution is 5.93. The van der Waals surface area contributed by atoms with E-state index in [9.17, 15) is 9.18 Å². The number of fused-ring (bicyclic) bond motifs is 1. The van der Waals surface area contributed by atoms with Gasteiger partial charge in [0.2, 0.25) is 5.91 Å². The standard InChI is InChI=1S/C24H26FN7O3/c1-15(2)21-12-32(31-30-21)13-22(33)28-16-4-6-17(7-5-16)29-24-23-19(25)10-18(35-9-8-34-3)11-20(23)26-14-27-24/h4-7,10-12,14-15H,8-9,13H2,1-3H3,(H,28,33)(H,26,27,29). The number of anilines is 3. The lowest BCUT2D eigenvalue weighted by atomic mass is 10.2. The molecule has 10 nitrogen and oxygen atoms in total. The average Bonchev–Trinajstić information content (AvgIpc) is 3.29. The van der Waals surface area contributed by atoms with Crippen molar-refractivity contribution >= 4 is 34.0 Å². The lowest BCUT2D eigenvalue weighted by molar-refractivity contribution is -0.116. The van der Waals surface area contributed by atoms with Gasteiger partial charge in [0.25, 0.3) is 0 Å².